The second-order valence-electron chi connectivity index (χ2n) is 2.58. The molecule has 0 saturated heterocycles. The van der Waals surface area contributed by atoms with Crippen molar-refractivity contribution in [2.24, 2.45) is 0 Å². The number of hydrogen-bond acceptors (Lipinski definition) is 4. The summed E-state index contributed by atoms with van der Waals surface area (Å²) < 4.78 is 1.55. The van der Waals surface area contributed by atoms with Crippen molar-refractivity contribution in [3.63, 3.8) is 0 Å². The molecule has 58 valence electrons. The maximum absolute atomic E-state index is 10.4. The number of rotatable bonds is 2. The molecule has 0 aromatic carbocycles. The van der Waals surface area contributed by atoms with Gasteiger partial charge in [-0.3, -0.25) is 0 Å². The van der Waals surface area contributed by atoms with Gasteiger partial charge in [0.25, 0.3) is 0 Å². The van der Waals surface area contributed by atoms with Crippen LogP contribution >= 0.6 is 0 Å². The fourth-order valence-corrected chi connectivity index (χ4v) is 1.01. The predicted octanol–water partition coefficient (Wildman–Crippen LogP) is -4.02. The van der Waals surface area contributed by atoms with Crippen LogP contribution in [0.1, 0.15) is 29.5 Å². The summed E-state index contributed by atoms with van der Waals surface area (Å²) in [6.07, 6.45) is 3.46. The van der Waals surface area contributed by atoms with E-state index in [9.17, 15) is 9.90 Å². The van der Waals surface area contributed by atoms with Crippen molar-refractivity contribution in [3.8, 4) is 0 Å². The molecule has 1 fully saturated rings. The van der Waals surface area contributed by atoms with Gasteiger partial charge in [-0.1, -0.05) is 0 Å². The van der Waals surface area contributed by atoms with E-state index in [1.807, 2.05) is 0 Å². The fourth-order valence-electron chi connectivity index (χ4n) is 1.01. The van der Waals surface area contributed by atoms with Crippen LogP contribution in [-0.2, 0) is 0 Å². The Kier molecular flexibility index (Phi) is 2.87. The summed E-state index contributed by atoms with van der Waals surface area (Å²) in [5.74, 6) is -1.32. The maximum atomic E-state index is 10.4. The smallest absolute Gasteiger partial charge is 0.541 e. The Hall–Kier alpha value is -0.390. The first-order valence-corrected chi connectivity index (χ1v) is 3.40. The molecule has 0 aliphatic heterocycles. The van der Waals surface area contributed by atoms with E-state index in [-0.39, 0.29) is 41.4 Å². The molecule has 0 atom stereocenters. The van der Waals surface area contributed by atoms with Crippen LogP contribution in [0.2, 0.25) is 0 Å². The summed E-state index contributed by atoms with van der Waals surface area (Å²) in [6, 6.07) is 0.290. The summed E-state index contributed by atoms with van der Waals surface area (Å²) in [4.78, 5) is 10.4. The molecule has 6 heteroatoms. The Bertz CT molecular complexity index is 295. The van der Waals surface area contributed by atoms with Crippen molar-refractivity contribution in [2.45, 2.75) is 18.9 Å². The Morgan fingerprint density at radius 1 is 1.67 bits per heavy atom. The largest absolute Gasteiger partial charge is 1.00 e. The molecule has 1 aliphatic rings. The number of nitrogens with zero attached hydrogens (tertiary/aromatic N) is 3. The summed E-state index contributed by atoms with van der Waals surface area (Å²) >= 11 is 0. The van der Waals surface area contributed by atoms with E-state index in [2.05, 4.69) is 10.2 Å². The SMILES string of the molecule is O=C([O-])c1nncn1C1CC1.[Na+]. The van der Waals surface area contributed by atoms with Crippen molar-refractivity contribution in [1.82, 2.24) is 14.8 Å². The van der Waals surface area contributed by atoms with E-state index in [0.29, 0.717) is 0 Å². The first-order chi connectivity index (χ1) is 5.29. The Balaban J connectivity index is 0.000000720. The van der Waals surface area contributed by atoms with Gasteiger partial charge in [-0.15, -0.1) is 10.2 Å². The Labute approximate surface area is 91.1 Å². The van der Waals surface area contributed by atoms with Crippen LogP contribution < -0.4 is 34.7 Å². The van der Waals surface area contributed by atoms with Crippen molar-refractivity contribution in [1.29, 1.82) is 0 Å². The van der Waals surface area contributed by atoms with Crippen molar-refractivity contribution in [2.75, 3.05) is 0 Å². The van der Waals surface area contributed by atoms with Crippen molar-refractivity contribution >= 4 is 5.97 Å². The van der Waals surface area contributed by atoms with Gasteiger partial charge in [0.05, 0.1) is 0 Å². The van der Waals surface area contributed by atoms with Gasteiger partial charge >= 0.3 is 29.6 Å². The molecule has 0 unspecified atom stereocenters. The topological polar surface area (TPSA) is 70.8 Å². The number of hydrogen-bond donors (Lipinski definition) is 0. The number of carboxylic acid groups (broad SMARTS) is 1. The van der Waals surface area contributed by atoms with Gasteiger partial charge in [0.1, 0.15) is 12.3 Å². The molecule has 1 heterocycles. The van der Waals surface area contributed by atoms with E-state index in [4.69, 9.17) is 0 Å². The monoisotopic (exact) mass is 175 g/mol. The molecule has 0 amide bonds. The first kappa shape index (κ1) is 9.70. The number of carbonyl (C=O) groups is 1. The fraction of sp³-hybridized carbons (Fsp3) is 0.500. The minimum Gasteiger partial charge on any atom is -0.541 e. The third-order valence-corrected chi connectivity index (χ3v) is 1.70. The van der Waals surface area contributed by atoms with Gasteiger partial charge in [0.2, 0.25) is 0 Å². The first-order valence-electron chi connectivity index (χ1n) is 3.40. The minimum absolute atomic E-state index is 0. The molecule has 0 spiro atoms. The molecule has 2 rings (SSSR count). The van der Waals surface area contributed by atoms with Gasteiger partial charge in [-0.05, 0) is 12.8 Å². The van der Waals surface area contributed by atoms with E-state index in [0.717, 1.165) is 12.8 Å². The number of carboxylic acids is 1. The molecule has 0 N–H and O–H groups in total. The third-order valence-electron chi connectivity index (χ3n) is 1.70. The second kappa shape index (κ2) is 3.55. The third kappa shape index (κ3) is 1.68. The number of aromatic carboxylic acids is 1. The van der Waals surface area contributed by atoms with E-state index in [1.54, 1.807) is 4.57 Å². The number of carbonyl (C=O) groups excluding carboxylic acids is 1. The summed E-state index contributed by atoms with van der Waals surface area (Å²) in [5, 5.41) is 17.3. The van der Waals surface area contributed by atoms with Crippen LogP contribution in [0.4, 0.5) is 0 Å². The molecule has 1 aliphatic carbocycles. The average Bonchev–Trinajstić information content (AvgIpc) is 2.68. The minimum atomic E-state index is -1.26. The Morgan fingerprint density at radius 3 is 2.83 bits per heavy atom. The van der Waals surface area contributed by atoms with Crippen molar-refractivity contribution in [3.05, 3.63) is 12.2 Å². The summed E-state index contributed by atoms with van der Waals surface area (Å²) in [6.45, 7) is 0. The molecule has 12 heavy (non-hydrogen) atoms. The van der Waals surface area contributed by atoms with E-state index < -0.39 is 5.97 Å². The van der Waals surface area contributed by atoms with Crippen molar-refractivity contribution < 1.29 is 39.5 Å². The zero-order chi connectivity index (χ0) is 7.84. The van der Waals surface area contributed by atoms with Crippen LogP contribution in [0.5, 0.6) is 0 Å². The van der Waals surface area contributed by atoms with Gasteiger partial charge in [0.15, 0.2) is 5.82 Å². The number of aromatic nitrogens is 3. The van der Waals surface area contributed by atoms with Gasteiger partial charge in [-0.25, -0.2) is 0 Å². The Morgan fingerprint density at radius 2 is 2.33 bits per heavy atom. The second-order valence-corrected chi connectivity index (χ2v) is 2.58. The normalized spacial score (nSPS) is 15.3. The molecular weight excluding hydrogens is 169 g/mol. The van der Waals surface area contributed by atoms with Crippen LogP contribution in [-0.4, -0.2) is 20.7 Å². The van der Waals surface area contributed by atoms with E-state index in [1.165, 1.54) is 6.33 Å². The molecule has 0 bridgehead atoms. The van der Waals surface area contributed by atoms with E-state index >= 15 is 0 Å². The van der Waals surface area contributed by atoms with Gasteiger partial charge < -0.3 is 14.5 Å². The zero-order valence-corrected chi connectivity index (χ0v) is 8.73. The zero-order valence-electron chi connectivity index (χ0n) is 6.73. The molecule has 1 aromatic heterocycles. The van der Waals surface area contributed by atoms with Gasteiger partial charge in [0, 0.05) is 6.04 Å². The predicted molar refractivity (Wildman–Crippen MR) is 32.6 cm³/mol. The van der Waals surface area contributed by atoms with Crippen LogP contribution in [0.25, 0.3) is 0 Å². The quantitative estimate of drug-likeness (QED) is 0.429. The molecule has 1 aromatic rings. The maximum Gasteiger partial charge on any atom is 1.00 e. The molecule has 5 nitrogen and oxygen atoms in total. The van der Waals surface area contributed by atoms with Crippen LogP contribution in [0.3, 0.4) is 0 Å². The van der Waals surface area contributed by atoms with Crippen LogP contribution in [0.15, 0.2) is 6.33 Å². The molecule has 0 radical (unpaired) electrons. The molecular formula is C6H6N3NaO2. The summed E-state index contributed by atoms with van der Waals surface area (Å²) in [7, 11) is 0. The van der Waals surface area contributed by atoms with Crippen LogP contribution in [0, 0.1) is 0 Å². The summed E-state index contributed by atoms with van der Waals surface area (Å²) in [5.41, 5.74) is 0. The molecule has 1 saturated carbocycles. The average molecular weight is 175 g/mol. The standard InChI is InChI=1S/C6H7N3O2.Na/c10-6(11)5-8-7-3-9(5)4-1-2-4;/h3-4H,1-2H2,(H,10,11);/q;+1/p-1. The van der Waals surface area contributed by atoms with Gasteiger partial charge in [-0.2, -0.15) is 0 Å².